The first-order valence-electron chi connectivity index (χ1n) is 7.67. The van der Waals surface area contributed by atoms with Gasteiger partial charge in [-0.2, -0.15) is 0 Å². The summed E-state index contributed by atoms with van der Waals surface area (Å²) in [7, 11) is 1.90. The number of hydrogen-bond acceptors (Lipinski definition) is 4. The van der Waals surface area contributed by atoms with Crippen molar-refractivity contribution in [3.05, 3.63) is 63.1 Å². The molecule has 0 unspecified atom stereocenters. The maximum absolute atomic E-state index is 6.23. The molecule has 0 atom stereocenters. The van der Waals surface area contributed by atoms with E-state index < -0.39 is 0 Å². The van der Waals surface area contributed by atoms with E-state index >= 15 is 0 Å². The fraction of sp³-hybridized carbons (Fsp3) is 0.111. The molecule has 0 spiro atoms. The van der Waals surface area contributed by atoms with Crippen LogP contribution in [0.1, 0.15) is 5.56 Å². The predicted octanol–water partition coefficient (Wildman–Crippen LogP) is 6.48. The lowest BCUT2D eigenvalue weighted by atomic mass is 10.2. The maximum atomic E-state index is 6.23. The third kappa shape index (κ3) is 3.45. The molecule has 0 aliphatic heterocycles. The van der Waals surface area contributed by atoms with Crippen molar-refractivity contribution in [3.63, 3.8) is 0 Å². The predicted molar refractivity (Wildman–Crippen MR) is 107 cm³/mol. The van der Waals surface area contributed by atoms with E-state index in [1.54, 1.807) is 23.9 Å². The summed E-state index contributed by atoms with van der Waals surface area (Å²) in [6.07, 6.45) is 0. The minimum Gasteiger partial charge on any atom is -0.453 e. The minimum absolute atomic E-state index is 0.620. The number of rotatable bonds is 4. The zero-order valence-electron chi connectivity index (χ0n) is 13.5. The van der Waals surface area contributed by atoms with Crippen LogP contribution in [0.3, 0.4) is 0 Å². The van der Waals surface area contributed by atoms with Crippen molar-refractivity contribution in [1.29, 1.82) is 0 Å². The van der Waals surface area contributed by atoms with Crippen LogP contribution >= 0.6 is 46.6 Å². The smallest absolute Gasteiger partial charge is 0.200 e. The van der Waals surface area contributed by atoms with Crippen molar-refractivity contribution in [1.82, 2.24) is 14.8 Å². The highest BCUT2D eigenvalue weighted by Gasteiger charge is 2.16. The van der Waals surface area contributed by atoms with Crippen LogP contribution in [0.5, 0.6) is 0 Å². The Balaban J connectivity index is 1.59. The second-order valence-corrected chi connectivity index (χ2v) is 7.90. The molecule has 0 radical (unpaired) electrons. The standard InChI is InChI=1S/C18H12Cl3N3OS/c1-24-17(16-7-11-6-12(19)4-5-15(11)25-16)22-23-18(24)26-9-10-2-3-13(20)8-14(10)21/h2-8H,9H2,1H3. The molecule has 0 N–H and O–H groups in total. The molecule has 4 aromatic rings. The number of furan rings is 1. The number of thioether (sulfide) groups is 1. The van der Waals surface area contributed by atoms with Gasteiger partial charge < -0.3 is 8.98 Å². The van der Waals surface area contributed by atoms with Gasteiger partial charge in [0.1, 0.15) is 5.58 Å². The number of halogens is 3. The van der Waals surface area contributed by atoms with Crippen LogP contribution in [0.15, 0.2) is 52.0 Å². The van der Waals surface area contributed by atoms with Crippen molar-refractivity contribution in [2.75, 3.05) is 0 Å². The van der Waals surface area contributed by atoms with Gasteiger partial charge in [0.15, 0.2) is 16.7 Å². The Kier molecular flexibility index (Phi) is 4.88. The van der Waals surface area contributed by atoms with E-state index in [0.717, 1.165) is 21.7 Å². The van der Waals surface area contributed by atoms with E-state index in [0.29, 0.717) is 32.4 Å². The van der Waals surface area contributed by atoms with Crippen molar-refractivity contribution < 1.29 is 4.42 Å². The summed E-state index contributed by atoms with van der Waals surface area (Å²) in [4.78, 5) is 0. The van der Waals surface area contributed by atoms with E-state index in [1.807, 2.05) is 41.9 Å². The van der Waals surface area contributed by atoms with Crippen LogP contribution in [0.25, 0.3) is 22.6 Å². The van der Waals surface area contributed by atoms with Gasteiger partial charge in [0.05, 0.1) is 0 Å². The van der Waals surface area contributed by atoms with E-state index in [1.165, 1.54) is 0 Å². The first kappa shape index (κ1) is 17.7. The summed E-state index contributed by atoms with van der Waals surface area (Å²) in [5.74, 6) is 1.97. The molecule has 0 saturated heterocycles. The van der Waals surface area contributed by atoms with Gasteiger partial charge in [-0.05, 0) is 42.0 Å². The Bertz CT molecular complexity index is 1110. The lowest BCUT2D eigenvalue weighted by Gasteiger charge is -2.05. The van der Waals surface area contributed by atoms with Gasteiger partial charge in [-0.1, -0.05) is 52.6 Å². The van der Waals surface area contributed by atoms with Gasteiger partial charge in [-0.3, -0.25) is 0 Å². The number of nitrogens with zero attached hydrogens (tertiary/aromatic N) is 3. The average molecular weight is 425 g/mol. The van der Waals surface area contributed by atoms with E-state index in [-0.39, 0.29) is 0 Å². The molecule has 0 aliphatic rings. The van der Waals surface area contributed by atoms with Gasteiger partial charge in [-0.25, -0.2) is 0 Å². The summed E-state index contributed by atoms with van der Waals surface area (Å²) in [5, 5.41) is 12.1. The Hall–Kier alpha value is -1.66. The largest absolute Gasteiger partial charge is 0.453 e. The molecule has 0 aliphatic carbocycles. The number of benzene rings is 2. The fourth-order valence-electron chi connectivity index (χ4n) is 2.56. The van der Waals surface area contributed by atoms with Gasteiger partial charge in [0, 0.05) is 33.3 Å². The van der Waals surface area contributed by atoms with Gasteiger partial charge in [0.25, 0.3) is 0 Å². The molecule has 0 saturated carbocycles. The van der Waals surface area contributed by atoms with Gasteiger partial charge in [0.2, 0.25) is 0 Å². The normalized spacial score (nSPS) is 11.4. The van der Waals surface area contributed by atoms with Crippen molar-refractivity contribution in [3.8, 4) is 11.6 Å². The summed E-state index contributed by atoms with van der Waals surface area (Å²) < 4.78 is 7.77. The monoisotopic (exact) mass is 423 g/mol. The number of fused-ring (bicyclic) bond motifs is 1. The van der Waals surface area contributed by atoms with Crippen LogP contribution in [-0.4, -0.2) is 14.8 Å². The zero-order valence-corrected chi connectivity index (χ0v) is 16.6. The quantitative estimate of drug-likeness (QED) is 0.352. The summed E-state index contributed by atoms with van der Waals surface area (Å²) >= 11 is 19.7. The third-order valence-electron chi connectivity index (χ3n) is 3.91. The third-order valence-corrected chi connectivity index (χ3v) is 5.80. The minimum atomic E-state index is 0.620. The molecule has 0 amide bonds. The SMILES string of the molecule is Cn1c(SCc2ccc(Cl)cc2Cl)nnc1-c1cc2cc(Cl)ccc2o1. The van der Waals surface area contributed by atoms with E-state index in [4.69, 9.17) is 39.2 Å². The summed E-state index contributed by atoms with van der Waals surface area (Å²) in [6.45, 7) is 0. The molecule has 4 rings (SSSR count). The molecule has 4 nitrogen and oxygen atoms in total. The summed E-state index contributed by atoms with van der Waals surface area (Å²) in [6, 6.07) is 12.9. The van der Waals surface area contributed by atoms with Gasteiger partial charge in [-0.15, -0.1) is 10.2 Å². The first-order valence-corrected chi connectivity index (χ1v) is 9.79. The second kappa shape index (κ2) is 7.16. The van der Waals surface area contributed by atoms with Crippen LogP contribution in [-0.2, 0) is 12.8 Å². The Labute approximate surface area is 169 Å². The number of hydrogen-bond donors (Lipinski definition) is 0. The molecule has 132 valence electrons. The molecule has 2 heterocycles. The Morgan fingerprint density at radius 1 is 1.00 bits per heavy atom. The molecular weight excluding hydrogens is 413 g/mol. The lowest BCUT2D eigenvalue weighted by Crippen LogP contribution is -1.94. The van der Waals surface area contributed by atoms with Crippen LogP contribution < -0.4 is 0 Å². The number of aromatic nitrogens is 3. The molecule has 26 heavy (non-hydrogen) atoms. The lowest BCUT2D eigenvalue weighted by molar-refractivity contribution is 0.618. The second-order valence-electron chi connectivity index (χ2n) is 5.68. The molecule has 0 bridgehead atoms. The highest BCUT2D eigenvalue weighted by atomic mass is 35.5. The first-order chi connectivity index (χ1) is 12.5. The van der Waals surface area contributed by atoms with Crippen LogP contribution in [0.2, 0.25) is 15.1 Å². The molecule has 2 aromatic carbocycles. The van der Waals surface area contributed by atoms with Crippen molar-refractivity contribution in [2.45, 2.75) is 10.9 Å². The van der Waals surface area contributed by atoms with Crippen molar-refractivity contribution in [2.24, 2.45) is 7.05 Å². The Morgan fingerprint density at radius 2 is 1.77 bits per heavy atom. The summed E-state index contributed by atoms with van der Waals surface area (Å²) in [5.41, 5.74) is 1.75. The van der Waals surface area contributed by atoms with Crippen LogP contribution in [0, 0.1) is 0 Å². The van der Waals surface area contributed by atoms with E-state index in [2.05, 4.69) is 10.2 Å². The molecule has 0 fully saturated rings. The molecule has 2 aromatic heterocycles. The zero-order chi connectivity index (χ0) is 18.3. The van der Waals surface area contributed by atoms with Crippen LogP contribution in [0.4, 0.5) is 0 Å². The molecular formula is C18H12Cl3N3OS. The fourth-order valence-corrected chi connectivity index (χ4v) is 4.21. The van der Waals surface area contributed by atoms with E-state index in [9.17, 15) is 0 Å². The average Bonchev–Trinajstić information content (AvgIpc) is 3.17. The van der Waals surface area contributed by atoms with Gasteiger partial charge >= 0.3 is 0 Å². The van der Waals surface area contributed by atoms with Crippen molar-refractivity contribution >= 4 is 57.5 Å². The Morgan fingerprint density at radius 3 is 2.58 bits per heavy atom. The molecule has 8 heteroatoms. The highest BCUT2D eigenvalue weighted by molar-refractivity contribution is 7.98. The maximum Gasteiger partial charge on any atom is 0.200 e. The highest BCUT2D eigenvalue weighted by Crippen LogP contribution is 2.32. The topological polar surface area (TPSA) is 43.9 Å².